The zero-order valence-electron chi connectivity index (χ0n) is 10.7. The molecule has 0 atom stereocenters. The molecule has 0 saturated carbocycles. The molecule has 1 aromatic rings. The molecule has 1 aromatic heterocycles. The molecule has 0 aliphatic carbocycles. The Labute approximate surface area is 102 Å². The maximum Gasteiger partial charge on any atom is 0.325 e. The van der Waals surface area contributed by atoms with Gasteiger partial charge in [0.15, 0.2) is 0 Å². The number of hydrogen-bond donors (Lipinski definition) is 3. The van der Waals surface area contributed by atoms with Crippen LogP contribution in [0.4, 0.5) is 0 Å². The van der Waals surface area contributed by atoms with Gasteiger partial charge in [0.1, 0.15) is 0 Å². The van der Waals surface area contributed by atoms with Crippen molar-refractivity contribution in [2.24, 2.45) is 0 Å². The number of aromatic nitrogens is 2. The average Bonchev–Trinajstić information content (AvgIpc) is 2.61. The summed E-state index contributed by atoms with van der Waals surface area (Å²) in [4.78, 5) is 15.8. The van der Waals surface area contributed by atoms with Crippen molar-refractivity contribution in [3.05, 3.63) is 16.2 Å². The minimum Gasteiger partial charge on any atom is -0.493 e. The molecule has 0 aromatic carbocycles. The van der Waals surface area contributed by atoms with Crippen molar-refractivity contribution in [2.45, 2.75) is 64.7 Å². The van der Waals surface area contributed by atoms with Crippen LogP contribution in [-0.2, 0) is 6.42 Å². The monoisotopic (exact) mass is 240 g/mol. The molecule has 4 heteroatoms. The van der Waals surface area contributed by atoms with Crippen LogP contribution < -0.4 is 5.69 Å². The maximum absolute atomic E-state index is 10.9. The molecule has 4 nitrogen and oxygen atoms in total. The van der Waals surface area contributed by atoms with E-state index in [9.17, 15) is 9.90 Å². The van der Waals surface area contributed by atoms with Gasteiger partial charge in [-0.15, -0.1) is 0 Å². The number of imidazole rings is 1. The third-order valence-corrected chi connectivity index (χ3v) is 3.06. The lowest BCUT2D eigenvalue weighted by Gasteiger charge is -2.01. The van der Waals surface area contributed by atoms with E-state index in [-0.39, 0.29) is 11.6 Å². The van der Waals surface area contributed by atoms with Crippen molar-refractivity contribution in [3.8, 4) is 5.88 Å². The molecule has 0 aliphatic heterocycles. The molecular formula is C13H24N2O2. The Kier molecular flexibility index (Phi) is 6.51. The van der Waals surface area contributed by atoms with E-state index in [2.05, 4.69) is 16.9 Å². The lowest BCUT2D eigenvalue weighted by atomic mass is 10.1. The third kappa shape index (κ3) is 5.61. The summed E-state index contributed by atoms with van der Waals surface area (Å²) in [6.45, 7) is 2.23. The highest BCUT2D eigenvalue weighted by atomic mass is 16.3. The fourth-order valence-electron chi connectivity index (χ4n) is 2.03. The minimum atomic E-state index is -0.322. The second kappa shape index (κ2) is 7.98. The summed E-state index contributed by atoms with van der Waals surface area (Å²) in [6.07, 6.45) is 10.8. The smallest absolute Gasteiger partial charge is 0.325 e. The van der Waals surface area contributed by atoms with Crippen molar-refractivity contribution in [1.29, 1.82) is 0 Å². The molecule has 98 valence electrons. The lowest BCUT2D eigenvalue weighted by molar-refractivity contribution is 0.446. The van der Waals surface area contributed by atoms with Crippen LogP contribution in [0, 0.1) is 0 Å². The Morgan fingerprint density at radius 3 is 2.06 bits per heavy atom. The van der Waals surface area contributed by atoms with E-state index in [1.165, 1.54) is 44.9 Å². The van der Waals surface area contributed by atoms with Gasteiger partial charge in [-0.1, -0.05) is 51.9 Å². The van der Waals surface area contributed by atoms with E-state index in [1.807, 2.05) is 0 Å². The van der Waals surface area contributed by atoms with Gasteiger partial charge in [0.2, 0.25) is 5.88 Å². The molecule has 3 N–H and O–H groups in total. The summed E-state index contributed by atoms with van der Waals surface area (Å²) in [5, 5.41) is 9.34. The molecule has 0 saturated heterocycles. The van der Waals surface area contributed by atoms with Crippen LogP contribution in [0.15, 0.2) is 4.79 Å². The van der Waals surface area contributed by atoms with Crippen molar-refractivity contribution >= 4 is 0 Å². The fraction of sp³-hybridized carbons (Fsp3) is 0.769. The van der Waals surface area contributed by atoms with Crippen molar-refractivity contribution < 1.29 is 5.11 Å². The summed E-state index contributed by atoms with van der Waals surface area (Å²) < 4.78 is 0. The van der Waals surface area contributed by atoms with E-state index >= 15 is 0 Å². The Hall–Kier alpha value is -1.19. The first-order valence-electron chi connectivity index (χ1n) is 6.74. The van der Waals surface area contributed by atoms with Gasteiger partial charge in [-0.05, 0) is 12.8 Å². The Morgan fingerprint density at radius 2 is 1.53 bits per heavy atom. The summed E-state index contributed by atoms with van der Waals surface area (Å²) in [7, 11) is 0. The normalized spacial score (nSPS) is 10.9. The zero-order valence-corrected chi connectivity index (χ0v) is 10.7. The first kappa shape index (κ1) is 13.9. The van der Waals surface area contributed by atoms with Crippen LogP contribution in [0.3, 0.4) is 0 Å². The first-order chi connectivity index (χ1) is 8.24. The second-order valence-corrected chi connectivity index (χ2v) is 4.63. The third-order valence-electron chi connectivity index (χ3n) is 3.06. The van der Waals surface area contributed by atoms with E-state index in [1.54, 1.807) is 0 Å². The quantitative estimate of drug-likeness (QED) is 0.580. The van der Waals surface area contributed by atoms with Crippen LogP contribution in [-0.4, -0.2) is 15.1 Å². The molecule has 0 spiro atoms. The van der Waals surface area contributed by atoms with E-state index in [0.29, 0.717) is 5.69 Å². The van der Waals surface area contributed by atoms with Gasteiger partial charge in [0.05, 0.1) is 5.69 Å². The predicted molar refractivity (Wildman–Crippen MR) is 69.4 cm³/mol. The molecule has 17 heavy (non-hydrogen) atoms. The number of H-pyrrole nitrogens is 2. The number of aryl methyl sites for hydroxylation is 1. The number of rotatable bonds is 9. The average molecular weight is 240 g/mol. The molecule has 1 heterocycles. The number of nitrogens with one attached hydrogen (secondary N) is 2. The van der Waals surface area contributed by atoms with Crippen LogP contribution in [0.2, 0.25) is 0 Å². The molecule has 0 radical (unpaired) electrons. The highest BCUT2D eigenvalue weighted by Crippen LogP contribution is 2.13. The van der Waals surface area contributed by atoms with Crippen LogP contribution in [0.5, 0.6) is 5.88 Å². The zero-order chi connectivity index (χ0) is 12.5. The summed E-state index contributed by atoms with van der Waals surface area (Å²) in [6, 6.07) is 0. The molecule has 0 fully saturated rings. The van der Waals surface area contributed by atoms with Gasteiger partial charge in [-0.25, -0.2) is 4.79 Å². The standard InChI is InChI=1S/C13H24N2O2/c1-2-3-4-5-6-7-8-9-10-11-12(16)15-13(17)14-11/h16H,2-10H2,1H3,(H2,14,15,17). The fourth-order valence-corrected chi connectivity index (χ4v) is 2.03. The lowest BCUT2D eigenvalue weighted by Crippen LogP contribution is -2.01. The van der Waals surface area contributed by atoms with Gasteiger partial charge in [-0.2, -0.15) is 0 Å². The molecule has 0 aliphatic rings. The van der Waals surface area contributed by atoms with Crippen molar-refractivity contribution in [2.75, 3.05) is 0 Å². The highest BCUT2D eigenvalue weighted by Gasteiger charge is 2.04. The van der Waals surface area contributed by atoms with E-state index in [0.717, 1.165) is 12.8 Å². The second-order valence-electron chi connectivity index (χ2n) is 4.63. The van der Waals surface area contributed by atoms with Crippen LogP contribution in [0.1, 0.15) is 64.0 Å². The predicted octanol–water partition coefficient (Wildman–Crippen LogP) is 3.09. The minimum absolute atomic E-state index is 0.00190. The van der Waals surface area contributed by atoms with Gasteiger partial charge in [-0.3, -0.25) is 4.98 Å². The molecular weight excluding hydrogens is 216 g/mol. The first-order valence-corrected chi connectivity index (χ1v) is 6.74. The highest BCUT2D eigenvalue weighted by molar-refractivity contribution is 5.15. The largest absolute Gasteiger partial charge is 0.493 e. The summed E-state index contributed by atoms with van der Waals surface area (Å²) >= 11 is 0. The maximum atomic E-state index is 10.9. The Bertz CT molecular complexity index is 355. The summed E-state index contributed by atoms with van der Waals surface area (Å²) in [5.74, 6) is -0.00190. The molecule has 0 amide bonds. The van der Waals surface area contributed by atoms with E-state index < -0.39 is 0 Å². The van der Waals surface area contributed by atoms with Gasteiger partial charge < -0.3 is 10.1 Å². The van der Waals surface area contributed by atoms with Crippen molar-refractivity contribution in [1.82, 2.24) is 9.97 Å². The Morgan fingerprint density at radius 1 is 0.941 bits per heavy atom. The summed E-state index contributed by atoms with van der Waals surface area (Å²) in [5.41, 5.74) is 0.318. The number of unbranched alkanes of at least 4 members (excludes halogenated alkanes) is 7. The Balaban J connectivity index is 2.01. The number of aromatic hydroxyl groups is 1. The van der Waals surface area contributed by atoms with Gasteiger partial charge >= 0.3 is 5.69 Å². The number of hydrogen-bond acceptors (Lipinski definition) is 2. The number of aromatic amines is 2. The van der Waals surface area contributed by atoms with Crippen LogP contribution >= 0.6 is 0 Å². The van der Waals surface area contributed by atoms with Gasteiger partial charge in [0, 0.05) is 0 Å². The molecule has 0 bridgehead atoms. The van der Waals surface area contributed by atoms with E-state index in [4.69, 9.17) is 0 Å². The van der Waals surface area contributed by atoms with Crippen molar-refractivity contribution in [3.63, 3.8) is 0 Å². The SMILES string of the molecule is CCCCCCCCCCc1[nH]c(=O)[nH]c1O. The van der Waals surface area contributed by atoms with Gasteiger partial charge in [0.25, 0.3) is 0 Å². The molecule has 0 unspecified atom stereocenters. The molecule has 1 rings (SSSR count). The van der Waals surface area contributed by atoms with Crippen LogP contribution in [0.25, 0.3) is 0 Å². The topological polar surface area (TPSA) is 68.9 Å².